The summed E-state index contributed by atoms with van der Waals surface area (Å²) >= 11 is 0. The van der Waals surface area contributed by atoms with E-state index in [1.165, 1.54) is 19.5 Å². The zero-order valence-corrected chi connectivity index (χ0v) is 13.4. The summed E-state index contributed by atoms with van der Waals surface area (Å²) in [5.74, 6) is 0. The first-order valence-electron chi connectivity index (χ1n) is 7.72. The molecule has 4 heteroatoms. The van der Waals surface area contributed by atoms with Crippen LogP contribution in [0.2, 0.25) is 0 Å². The fraction of sp³-hybridized carbons (Fsp3) is 1.00. The monoisotopic (exact) mass is 271 g/mol. The van der Waals surface area contributed by atoms with E-state index in [1.54, 1.807) is 0 Å². The summed E-state index contributed by atoms with van der Waals surface area (Å²) in [7, 11) is 2.21. The molecule has 2 N–H and O–H groups in total. The fourth-order valence-corrected chi connectivity index (χ4v) is 3.43. The molecule has 0 aromatic rings. The smallest absolute Gasteiger partial charge is 0.0611 e. The fourth-order valence-electron chi connectivity index (χ4n) is 3.43. The molecule has 0 aromatic carbocycles. The third kappa shape index (κ3) is 5.03. The lowest BCUT2D eigenvalue weighted by Crippen LogP contribution is -2.52. The summed E-state index contributed by atoms with van der Waals surface area (Å²) in [6, 6.07) is 1.09. The Labute approximate surface area is 119 Å². The van der Waals surface area contributed by atoms with E-state index in [2.05, 4.69) is 49.9 Å². The summed E-state index contributed by atoms with van der Waals surface area (Å²) in [6.45, 7) is 13.5. The lowest BCUT2D eigenvalue weighted by molar-refractivity contribution is 0.0939. The normalized spacial score (nSPS) is 27.8. The second-order valence-electron chi connectivity index (χ2n) is 6.50. The maximum atomic E-state index is 9.64. The second-order valence-corrected chi connectivity index (χ2v) is 6.50. The third-order valence-electron chi connectivity index (χ3n) is 4.36. The van der Waals surface area contributed by atoms with Crippen LogP contribution >= 0.6 is 0 Å². The standard InChI is InChI=1S/C15H33N3O/c1-6-16-15(4,12-19)10-13(2)18-9-7-8-17(5)11-14(18)3/h13-14,16,19H,6-12H2,1-5H3. The highest BCUT2D eigenvalue weighted by atomic mass is 16.3. The van der Waals surface area contributed by atoms with Crippen molar-refractivity contribution in [1.29, 1.82) is 0 Å². The Morgan fingerprint density at radius 3 is 2.68 bits per heavy atom. The number of aliphatic hydroxyl groups excluding tert-OH is 1. The molecule has 3 atom stereocenters. The van der Waals surface area contributed by atoms with Crippen molar-refractivity contribution >= 4 is 0 Å². The first kappa shape index (κ1) is 16.9. The van der Waals surface area contributed by atoms with Crippen molar-refractivity contribution in [2.45, 2.75) is 58.2 Å². The van der Waals surface area contributed by atoms with Crippen LogP contribution in [-0.2, 0) is 0 Å². The highest BCUT2D eigenvalue weighted by molar-refractivity contribution is 4.89. The van der Waals surface area contributed by atoms with E-state index in [1.807, 2.05) is 0 Å². The van der Waals surface area contributed by atoms with Gasteiger partial charge in [0.05, 0.1) is 6.61 Å². The topological polar surface area (TPSA) is 38.7 Å². The SMILES string of the molecule is CCNC(C)(CO)CC(C)N1CCCN(C)CC1C. The zero-order chi connectivity index (χ0) is 14.5. The molecule has 0 amide bonds. The molecule has 0 aliphatic carbocycles. The molecule has 0 bridgehead atoms. The van der Waals surface area contributed by atoms with Gasteiger partial charge in [0.15, 0.2) is 0 Å². The van der Waals surface area contributed by atoms with Crippen LogP contribution in [0.15, 0.2) is 0 Å². The molecule has 19 heavy (non-hydrogen) atoms. The minimum atomic E-state index is -0.161. The predicted molar refractivity (Wildman–Crippen MR) is 81.5 cm³/mol. The van der Waals surface area contributed by atoms with Crippen LogP contribution in [0.4, 0.5) is 0 Å². The molecule has 1 saturated heterocycles. The lowest BCUT2D eigenvalue weighted by atomic mass is 9.93. The van der Waals surface area contributed by atoms with Gasteiger partial charge in [-0.05, 0) is 60.3 Å². The van der Waals surface area contributed by atoms with Crippen LogP contribution in [0.3, 0.4) is 0 Å². The van der Waals surface area contributed by atoms with Crippen LogP contribution in [0, 0.1) is 0 Å². The van der Waals surface area contributed by atoms with Crippen LogP contribution in [0.5, 0.6) is 0 Å². The number of hydrogen-bond donors (Lipinski definition) is 2. The second kappa shape index (κ2) is 7.58. The Morgan fingerprint density at radius 1 is 1.42 bits per heavy atom. The van der Waals surface area contributed by atoms with Crippen molar-refractivity contribution in [1.82, 2.24) is 15.1 Å². The molecule has 114 valence electrons. The average molecular weight is 271 g/mol. The van der Waals surface area contributed by atoms with Crippen LogP contribution in [-0.4, -0.2) is 72.4 Å². The van der Waals surface area contributed by atoms with E-state index in [9.17, 15) is 5.11 Å². The van der Waals surface area contributed by atoms with Crippen LogP contribution in [0.25, 0.3) is 0 Å². The molecule has 1 rings (SSSR count). The van der Waals surface area contributed by atoms with Crippen LogP contribution < -0.4 is 5.32 Å². The summed E-state index contributed by atoms with van der Waals surface area (Å²) in [5, 5.41) is 13.1. The van der Waals surface area contributed by atoms with Crippen molar-refractivity contribution < 1.29 is 5.11 Å². The van der Waals surface area contributed by atoms with Crippen molar-refractivity contribution in [2.24, 2.45) is 0 Å². The molecule has 0 radical (unpaired) electrons. The maximum absolute atomic E-state index is 9.64. The first-order valence-corrected chi connectivity index (χ1v) is 7.72. The Kier molecular flexibility index (Phi) is 6.74. The molecule has 3 unspecified atom stereocenters. The number of nitrogens with one attached hydrogen (secondary N) is 1. The summed E-state index contributed by atoms with van der Waals surface area (Å²) < 4.78 is 0. The van der Waals surface area contributed by atoms with Gasteiger partial charge in [0.1, 0.15) is 0 Å². The molecule has 1 aliphatic heterocycles. The predicted octanol–water partition coefficient (Wildman–Crippen LogP) is 1.15. The molecule has 1 aliphatic rings. The quantitative estimate of drug-likeness (QED) is 0.760. The van der Waals surface area contributed by atoms with Crippen LogP contribution in [0.1, 0.15) is 40.5 Å². The minimum absolute atomic E-state index is 0.161. The number of hydrogen-bond acceptors (Lipinski definition) is 4. The van der Waals surface area contributed by atoms with E-state index in [0.717, 1.165) is 19.5 Å². The number of likely N-dealkylation sites (N-methyl/N-ethyl adjacent to an activating group) is 2. The highest BCUT2D eigenvalue weighted by Crippen LogP contribution is 2.20. The van der Waals surface area contributed by atoms with Gasteiger partial charge in [-0.25, -0.2) is 0 Å². The van der Waals surface area contributed by atoms with Gasteiger partial charge in [-0.3, -0.25) is 4.90 Å². The largest absolute Gasteiger partial charge is 0.394 e. The van der Waals surface area contributed by atoms with Crippen molar-refractivity contribution in [3.05, 3.63) is 0 Å². The summed E-state index contributed by atoms with van der Waals surface area (Å²) in [6.07, 6.45) is 2.23. The number of rotatable bonds is 6. The average Bonchev–Trinajstić information content (AvgIpc) is 2.50. The Balaban J connectivity index is 2.62. The van der Waals surface area contributed by atoms with Crippen molar-refractivity contribution in [3.63, 3.8) is 0 Å². The number of nitrogens with zero attached hydrogens (tertiary/aromatic N) is 2. The lowest BCUT2D eigenvalue weighted by Gasteiger charge is -2.39. The van der Waals surface area contributed by atoms with Gasteiger partial charge in [-0.2, -0.15) is 0 Å². The van der Waals surface area contributed by atoms with E-state index < -0.39 is 0 Å². The van der Waals surface area contributed by atoms with E-state index in [0.29, 0.717) is 12.1 Å². The van der Waals surface area contributed by atoms with Gasteiger partial charge >= 0.3 is 0 Å². The number of aliphatic hydroxyl groups is 1. The van der Waals surface area contributed by atoms with Gasteiger partial charge in [0.2, 0.25) is 0 Å². The van der Waals surface area contributed by atoms with Crippen molar-refractivity contribution in [3.8, 4) is 0 Å². The van der Waals surface area contributed by atoms with Crippen molar-refractivity contribution in [2.75, 3.05) is 39.8 Å². The Morgan fingerprint density at radius 2 is 2.11 bits per heavy atom. The first-order chi connectivity index (χ1) is 8.91. The zero-order valence-electron chi connectivity index (χ0n) is 13.4. The molecular weight excluding hydrogens is 238 g/mol. The van der Waals surface area contributed by atoms with E-state index in [4.69, 9.17) is 0 Å². The molecule has 0 saturated carbocycles. The summed E-state index contributed by atoms with van der Waals surface area (Å²) in [4.78, 5) is 5.03. The summed E-state index contributed by atoms with van der Waals surface area (Å²) in [5.41, 5.74) is -0.161. The molecule has 1 fully saturated rings. The van der Waals surface area contributed by atoms with E-state index in [-0.39, 0.29) is 12.1 Å². The third-order valence-corrected chi connectivity index (χ3v) is 4.36. The van der Waals surface area contributed by atoms with Gasteiger partial charge in [0, 0.05) is 24.2 Å². The minimum Gasteiger partial charge on any atom is -0.394 e. The molecule has 4 nitrogen and oxygen atoms in total. The maximum Gasteiger partial charge on any atom is 0.0611 e. The Bertz CT molecular complexity index is 262. The van der Waals surface area contributed by atoms with Gasteiger partial charge in [-0.15, -0.1) is 0 Å². The van der Waals surface area contributed by atoms with E-state index >= 15 is 0 Å². The Hall–Kier alpha value is -0.160. The van der Waals surface area contributed by atoms with Gasteiger partial charge in [0.25, 0.3) is 0 Å². The molecule has 0 aromatic heterocycles. The van der Waals surface area contributed by atoms with Gasteiger partial charge in [-0.1, -0.05) is 6.92 Å². The highest BCUT2D eigenvalue weighted by Gasteiger charge is 2.30. The van der Waals surface area contributed by atoms with Gasteiger partial charge < -0.3 is 15.3 Å². The molecule has 0 spiro atoms. The molecule has 1 heterocycles. The molecular formula is C15H33N3O.